The molecule has 0 aromatic carbocycles. The van der Waals surface area contributed by atoms with E-state index < -0.39 is 0 Å². The topological polar surface area (TPSA) is 79.5 Å². The standard InChI is InChI=1S/C26H29N7O/c1-17(2)22-15-29-33-10-8-18(11-24(22)33)23-7-9-27-25(30-23)12-19-5-6-20(14-28-19)32-16-21(31(3)4)13-26(32)34/h5-11,14-15,17,21H,12-13,16H2,1-4H3. The molecule has 1 aliphatic rings. The van der Waals surface area contributed by atoms with Crippen molar-refractivity contribution in [3.8, 4) is 11.3 Å². The molecule has 1 fully saturated rings. The summed E-state index contributed by atoms with van der Waals surface area (Å²) in [6.07, 6.45) is 8.53. The third-order valence-electron chi connectivity index (χ3n) is 6.47. The molecule has 5 rings (SSSR count). The van der Waals surface area contributed by atoms with Crippen molar-refractivity contribution in [1.29, 1.82) is 0 Å². The Balaban J connectivity index is 1.34. The first-order valence-corrected chi connectivity index (χ1v) is 11.6. The second-order valence-corrected chi connectivity index (χ2v) is 9.37. The van der Waals surface area contributed by atoms with Crippen LogP contribution in [0.15, 0.2) is 55.1 Å². The zero-order valence-corrected chi connectivity index (χ0v) is 20.0. The lowest BCUT2D eigenvalue weighted by Crippen LogP contribution is -2.31. The Morgan fingerprint density at radius 2 is 1.97 bits per heavy atom. The van der Waals surface area contributed by atoms with Crippen LogP contribution in [0.4, 0.5) is 5.69 Å². The number of carbonyl (C=O) groups excluding carboxylic acids is 1. The summed E-state index contributed by atoms with van der Waals surface area (Å²) in [6.45, 7) is 5.04. The Morgan fingerprint density at radius 3 is 2.68 bits per heavy atom. The molecular weight excluding hydrogens is 426 g/mol. The van der Waals surface area contributed by atoms with Crippen LogP contribution in [-0.2, 0) is 11.2 Å². The number of likely N-dealkylation sites (N-methyl/N-ethyl adjacent to an activating group) is 1. The van der Waals surface area contributed by atoms with Crippen LogP contribution in [0.25, 0.3) is 16.8 Å². The highest BCUT2D eigenvalue weighted by Crippen LogP contribution is 2.26. The average molecular weight is 456 g/mol. The van der Waals surface area contributed by atoms with Crippen LogP contribution in [0.2, 0.25) is 0 Å². The van der Waals surface area contributed by atoms with Crippen molar-refractivity contribution in [3.05, 3.63) is 72.2 Å². The van der Waals surface area contributed by atoms with Gasteiger partial charge in [0.05, 0.1) is 35.7 Å². The lowest BCUT2D eigenvalue weighted by Gasteiger charge is -2.20. The molecule has 1 unspecified atom stereocenters. The molecule has 5 heterocycles. The average Bonchev–Trinajstić information content (AvgIpc) is 3.43. The SMILES string of the molecule is CC(C)c1cnn2ccc(-c3ccnc(Cc4ccc(N5CC(N(C)C)CC5=O)cn4)n3)cc12. The van der Waals surface area contributed by atoms with Gasteiger partial charge in [-0.3, -0.25) is 9.78 Å². The molecule has 8 heteroatoms. The Bertz CT molecular complexity index is 1330. The number of amides is 1. The minimum absolute atomic E-state index is 0.139. The normalized spacial score (nSPS) is 16.4. The van der Waals surface area contributed by atoms with E-state index in [4.69, 9.17) is 4.98 Å². The van der Waals surface area contributed by atoms with Gasteiger partial charge in [-0.25, -0.2) is 14.5 Å². The largest absolute Gasteiger partial charge is 0.309 e. The van der Waals surface area contributed by atoms with Crippen molar-refractivity contribution in [1.82, 2.24) is 29.5 Å². The van der Waals surface area contributed by atoms with Crippen molar-refractivity contribution in [2.75, 3.05) is 25.5 Å². The first-order valence-electron chi connectivity index (χ1n) is 11.6. The number of hydrogen-bond acceptors (Lipinski definition) is 6. The van der Waals surface area contributed by atoms with Gasteiger partial charge in [-0.05, 0) is 50.3 Å². The number of nitrogens with zero attached hydrogens (tertiary/aromatic N) is 7. The van der Waals surface area contributed by atoms with Crippen molar-refractivity contribution in [2.24, 2.45) is 0 Å². The van der Waals surface area contributed by atoms with Gasteiger partial charge in [-0.2, -0.15) is 5.10 Å². The van der Waals surface area contributed by atoms with Gasteiger partial charge in [0.1, 0.15) is 5.82 Å². The second kappa shape index (κ2) is 8.95. The first-order chi connectivity index (χ1) is 16.4. The Kier molecular flexibility index (Phi) is 5.83. The van der Waals surface area contributed by atoms with Crippen LogP contribution in [0.1, 0.15) is 43.3 Å². The number of carbonyl (C=O) groups is 1. The van der Waals surface area contributed by atoms with Crippen LogP contribution in [0, 0.1) is 0 Å². The molecule has 0 spiro atoms. The molecule has 0 aliphatic carbocycles. The Morgan fingerprint density at radius 1 is 1.12 bits per heavy atom. The second-order valence-electron chi connectivity index (χ2n) is 9.37. The van der Waals surface area contributed by atoms with Gasteiger partial charge in [0, 0.05) is 48.2 Å². The fourth-order valence-corrected chi connectivity index (χ4v) is 4.38. The molecule has 1 aliphatic heterocycles. The lowest BCUT2D eigenvalue weighted by molar-refractivity contribution is -0.117. The number of rotatable bonds is 6. The summed E-state index contributed by atoms with van der Waals surface area (Å²) in [5.41, 5.74) is 5.92. The highest BCUT2D eigenvalue weighted by atomic mass is 16.2. The molecule has 8 nitrogen and oxygen atoms in total. The van der Waals surface area contributed by atoms with E-state index in [0.29, 0.717) is 31.1 Å². The van der Waals surface area contributed by atoms with Gasteiger partial charge < -0.3 is 9.80 Å². The molecule has 4 aromatic rings. The summed E-state index contributed by atoms with van der Waals surface area (Å²) in [5, 5.41) is 4.45. The minimum atomic E-state index is 0.139. The van der Waals surface area contributed by atoms with Crippen LogP contribution < -0.4 is 4.90 Å². The van der Waals surface area contributed by atoms with E-state index >= 15 is 0 Å². The number of hydrogen-bond donors (Lipinski definition) is 0. The highest BCUT2D eigenvalue weighted by Gasteiger charge is 2.31. The fraction of sp³-hybridized carbons (Fsp3) is 0.346. The van der Waals surface area contributed by atoms with Crippen LogP contribution >= 0.6 is 0 Å². The van der Waals surface area contributed by atoms with Gasteiger partial charge in [0.15, 0.2) is 0 Å². The Labute approximate surface area is 199 Å². The number of anilines is 1. The van der Waals surface area contributed by atoms with E-state index in [0.717, 1.165) is 28.2 Å². The predicted molar refractivity (Wildman–Crippen MR) is 132 cm³/mol. The van der Waals surface area contributed by atoms with Gasteiger partial charge in [-0.15, -0.1) is 0 Å². The van der Waals surface area contributed by atoms with E-state index in [9.17, 15) is 4.79 Å². The number of aromatic nitrogens is 5. The molecule has 0 saturated carbocycles. The number of fused-ring (bicyclic) bond motifs is 1. The molecule has 1 saturated heterocycles. The first kappa shape index (κ1) is 22.2. The summed E-state index contributed by atoms with van der Waals surface area (Å²) >= 11 is 0. The molecular formula is C26H29N7O. The van der Waals surface area contributed by atoms with Crippen molar-refractivity contribution in [3.63, 3.8) is 0 Å². The summed E-state index contributed by atoms with van der Waals surface area (Å²) < 4.78 is 1.90. The summed E-state index contributed by atoms with van der Waals surface area (Å²) in [6, 6.07) is 10.2. The van der Waals surface area contributed by atoms with E-state index in [1.807, 2.05) is 60.2 Å². The van der Waals surface area contributed by atoms with Crippen molar-refractivity contribution < 1.29 is 4.79 Å². The summed E-state index contributed by atoms with van der Waals surface area (Å²) in [4.78, 5) is 30.2. The van der Waals surface area contributed by atoms with Crippen LogP contribution in [-0.4, -0.2) is 62.1 Å². The summed E-state index contributed by atoms with van der Waals surface area (Å²) in [5.74, 6) is 1.24. The maximum absolute atomic E-state index is 12.4. The summed E-state index contributed by atoms with van der Waals surface area (Å²) in [7, 11) is 4.02. The third kappa shape index (κ3) is 4.28. The van der Waals surface area contributed by atoms with Gasteiger partial charge in [-0.1, -0.05) is 13.8 Å². The Hall–Kier alpha value is -3.65. The van der Waals surface area contributed by atoms with Gasteiger partial charge in [0.2, 0.25) is 5.91 Å². The van der Waals surface area contributed by atoms with E-state index in [1.54, 1.807) is 12.4 Å². The van der Waals surface area contributed by atoms with Gasteiger partial charge in [0.25, 0.3) is 0 Å². The molecule has 1 atom stereocenters. The van der Waals surface area contributed by atoms with Gasteiger partial charge >= 0.3 is 0 Å². The fourth-order valence-electron chi connectivity index (χ4n) is 4.38. The predicted octanol–water partition coefficient (Wildman–Crippen LogP) is 3.57. The molecule has 0 radical (unpaired) electrons. The van der Waals surface area contributed by atoms with E-state index in [-0.39, 0.29) is 11.9 Å². The molecule has 0 N–H and O–H groups in total. The van der Waals surface area contributed by atoms with Crippen LogP contribution in [0.3, 0.4) is 0 Å². The molecule has 0 bridgehead atoms. The van der Waals surface area contributed by atoms with Crippen LogP contribution in [0.5, 0.6) is 0 Å². The minimum Gasteiger partial charge on any atom is -0.309 e. The molecule has 1 amide bonds. The monoisotopic (exact) mass is 455 g/mol. The molecule has 34 heavy (non-hydrogen) atoms. The lowest BCUT2D eigenvalue weighted by atomic mass is 10.0. The van der Waals surface area contributed by atoms with E-state index in [1.165, 1.54) is 5.56 Å². The van der Waals surface area contributed by atoms with E-state index in [2.05, 4.69) is 39.9 Å². The number of pyridine rings is 2. The van der Waals surface area contributed by atoms with Crippen molar-refractivity contribution in [2.45, 2.75) is 38.6 Å². The maximum atomic E-state index is 12.4. The quantitative estimate of drug-likeness (QED) is 0.442. The zero-order chi connectivity index (χ0) is 23.8. The highest BCUT2D eigenvalue weighted by molar-refractivity contribution is 5.96. The smallest absolute Gasteiger partial charge is 0.228 e. The molecule has 4 aromatic heterocycles. The zero-order valence-electron chi connectivity index (χ0n) is 20.0. The third-order valence-corrected chi connectivity index (χ3v) is 6.47. The van der Waals surface area contributed by atoms with Crippen molar-refractivity contribution >= 4 is 17.1 Å². The maximum Gasteiger partial charge on any atom is 0.228 e. The molecule has 174 valence electrons.